The van der Waals surface area contributed by atoms with Crippen molar-refractivity contribution in [2.75, 3.05) is 19.1 Å². The van der Waals surface area contributed by atoms with Crippen LogP contribution in [0.25, 0.3) is 0 Å². The Balaban J connectivity index is 2.66. The first-order valence-electron chi connectivity index (χ1n) is 7.80. The van der Waals surface area contributed by atoms with Gasteiger partial charge in [-0.3, -0.25) is 4.18 Å². The van der Waals surface area contributed by atoms with Crippen molar-refractivity contribution in [2.24, 2.45) is 5.92 Å². The number of esters is 1. The number of sulfone groups is 2. The molecule has 1 aliphatic rings. The van der Waals surface area contributed by atoms with Crippen LogP contribution in [0.4, 0.5) is 0 Å². The summed E-state index contributed by atoms with van der Waals surface area (Å²) in [5.74, 6) is -2.75. The first kappa shape index (κ1) is 21.8. The van der Waals surface area contributed by atoms with E-state index in [1.165, 1.54) is 31.2 Å². The number of carbonyl (C=O) groups is 1. The standard InChI is InChI=1S/C15H20O9S3/c1-11-13(9-10-23-26(3,19)20)15(14(16)24-11,25(2,17)18)27(21,22)12-7-5-4-6-8-12/h4-8,11,13H,9-10H2,1-3H3/t11-,13-,15+/m1/s1. The summed E-state index contributed by atoms with van der Waals surface area (Å²) in [4.78, 5) is 12.3. The number of rotatable bonds is 7. The Morgan fingerprint density at radius 1 is 1.04 bits per heavy atom. The monoisotopic (exact) mass is 440 g/mol. The molecule has 0 aromatic heterocycles. The molecule has 1 fully saturated rings. The Bertz CT molecular complexity index is 1030. The molecule has 1 aromatic carbocycles. The fraction of sp³-hybridized carbons (Fsp3) is 0.533. The second-order valence-electron chi connectivity index (χ2n) is 6.29. The van der Waals surface area contributed by atoms with E-state index in [1.807, 2.05) is 0 Å². The number of benzene rings is 1. The minimum atomic E-state index is -4.72. The van der Waals surface area contributed by atoms with Crippen LogP contribution in [0.2, 0.25) is 0 Å². The fourth-order valence-corrected chi connectivity index (χ4v) is 8.59. The molecule has 0 spiro atoms. The van der Waals surface area contributed by atoms with E-state index in [0.717, 1.165) is 6.26 Å². The van der Waals surface area contributed by atoms with Gasteiger partial charge in [0.05, 0.1) is 17.8 Å². The van der Waals surface area contributed by atoms with Gasteiger partial charge >= 0.3 is 5.97 Å². The van der Waals surface area contributed by atoms with E-state index in [-0.39, 0.29) is 11.3 Å². The number of hydrogen-bond donors (Lipinski definition) is 0. The average molecular weight is 441 g/mol. The molecule has 1 aromatic rings. The maximum absolute atomic E-state index is 13.3. The van der Waals surface area contributed by atoms with Crippen molar-refractivity contribution in [3.05, 3.63) is 30.3 Å². The SMILES string of the molecule is C[C@H]1OC(=O)[C@@](S(C)(=O)=O)(S(=O)(=O)c2ccccc2)[C@@H]1CCOS(C)(=O)=O. The van der Waals surface area contributed by atoms with Gasteiger partial charge in [-0.05, 0) is 25.5 Å². The zero-order valence-electron chi connectivity index (χ0n) is 14.9. The van der Waals surface area contributed by atoms with Gasteiger partial charge in [-0.2, -0.15) is 8.42 Å². The lowest BCUT2D eigenvalue weighted by Crippen LogP contribution is -2.55. The Morgan fingerprint density at radius 3 is 2.07 bits per heavy atom. The van der Waals surface area contributed by atoms with Crippen LogP contribution < -0.4 is 0 Å². The van der Waals surface area contributed by atoms with E-state index in [9.17, 15) is 30.0 Å². The molecule has 1 heterocycles. The second kappa shape index (κ2) is 7.15. The molecule has 0 aliphatic carbocycles. The third-order valence-corrected chi connectivity index (χ3v) is 10.3. The minimum Gasteiger partial charge on any atom is -0.460 e. The summed E-state index contributed by atoms with van der Waals surface area (Å²) < 4.78 is 81.0. The van der Waals surface area contributed by atoms with Gasteiger partial charge in [0.15, 0.2) is 9.84 Å². The summed E-state index contributed by atoms with van der Waals surface area (Å²) in [5.41, 5.74) is 0. The molecule has 0 bridgehead atoms. The molecular weight excluding hydrogens is 420 g/mol. The lowest BCUT2D eigenvalue weighted by molar-refractivity contribution is -0.141. The molecule has 1 saturated heterocycles. The first-order valence-corrected chi connectivity index (χ1v) is 13.0. The molecule has 1 aliphatic heterocycles. The zero-order valence-corrected chi connectivity index (χ0v) is 17.3. The molecule has 0 N–H and O–H groups in total. The molecule has 2 rings (SSSR count). The van der Waals surface area contributed by atoms with Crippen LogP contribution in [-0.4, -0.2) is 60.5 Å². The van der Waals surface area contributed by atoms with E-state index >= 15 is 0 Å². The first-order chi connectivity index (χ1) is 12.2. The van der Waals surface area contributed by atoms with Gasteiger partial charge in [0.2, 0.25) is 9.84 Å². The molecule has 12 heteroatoms. The quantitative estimate of drug-likeness (QED) is 0.427. The normalized spacial score (nSPS) is 26.7. The molecule has 9 nitrogen and oxygen atoms in total. The van der Waals surface area contributed by atoms with Crippen LogP contribution >= 0.6 is 0 Å². The summed E-state index contributed by atoms with van der Waals surface area (Å²) in [5, 5.41) is 0. The van der Waals surface area contributed by atoms with Crippen molar-refractivity contribution in [3.63, 3.8) is 0 Å². The Morgan fingerprint density at radius 2 is 1.59 bits per heavy atom. The predicted octanol–water partition coefficient (Wildman–Crippen LogP) is 0.129. The van der Waals surface area contributed by atoms with Gasteiger partial charge in [0.1, 0.15) is 6.10 Å². The lowest BCUT2D eigenvalue weighted by Gasteiger charge is -2.29. The summed E-state index contributed by atoms with van der Waals surface area (Å²) in [6.07, 6.45) is 0.0435. The van der Waals surface area contributed by atoms with Crippen LogP contribution in [0.5, 0.6) is 0 Å². The summed E-state index contributed by atoms with van der Waals surface area (Å²) >= 11 is 0. The highest BCUT2D eigenvalue weighted by molar-refractivity contribution is 8.11. The zero-order chi connectivity index (χ0) is 20.7. The predicted molar refractivity (Wildman–Crippen MR) is 95.7 cm³/mol. The van der Waals surface area contributed by atoms with E-state index in [2.05, 4.69) is 4.18 Å². The van der Waals surface area contributed by atoms with Gasteiger partial charge in [-0.25, -0.2) is 21.6 Å². The molecule has 152 valence electrons. The molecular formula is C15H20O9S3. The number of carbonyl (C=O) groups excluding carboxylic acids is 1. The molecule has 0 radical (unpaired) electrons. The highest BCUT2D eigenvalue weighted by atomic mass is 32.3. The maximum Gasteiger partial charge on any atom is 0.344 e. The second-order valence-corrected chi connectivity index (χ2v) is 12.5. The average Bonchev–Trinajstić information content (AvgIpc) is 2.78. The van der Waals surface area contributed by atoms with Gasteiger partial charge in [0.25, 0.3) is 14.2 Å². The van der Waals surface area contributed by atoms with E-state index in [4.69, 9.17) is 4.74 Å². The number of cyclic esters (lactones) is 1. The van der Waals surface area contributed by atoms with Gasteiger partial charge < -0.3 is 4.74 Å². The number of ether oxygens (including phenoxy) is 1. The van der Waals surface area contributed by atoms with E-state index in [1.54, 1.807) is 6.07 Å². The Hall–Kier alpha value is -1.50. The largest absolute Gasteiger partial charge is 0.460 e. The van der Waals surface area contributed by atoms with Gasteiger partial charge in [-0.1, -0.05) is 18.2 Å². The maximum atomic E-state index is 13.3. The minimum absolute atomic E-state index is 0.334. The van der Waals surface area contributed by atoms with E-state index < -0.39 is 58.5 Å². The molecule has 0 amide bonds. The third-order valence-electron chi connectivity index (χ3n) is 4.36. The van der Waals surface area contributed by atoms with Crippen LogP contribution in [-0.2, 0) is 43.5 Å². The molecule has 0 unspecified atom stereocenters. The Kier molecular flexibility index (Phi) is 5.77. The number of hydrogen-bond acceptors (Lipinski definition) is 9. The van der Waals surface area contributed by atoms with Crippen LogP contribution in [0, 0.1) is 5.92 Å². The smallest absolute Gasteiger partial charge is 0.344 e. The van der Waals surface area contributed by atoms with Crippen LogP contribution in [0.15, 0.2) is 35.2 Å². The third kappa shape index (κ3) is 3.75. The topological polar surface area (TPSA) is 138 Å². The van der Waals surface area contributed by atoms with Crippen LogP contribution in [0.3, 0.4) is 0 Å². The van der Waals surface area contributed by atoms with Crippen molar-refractivity contribution in [2.45, 2.75) is 28.4 Å². The Labute approximate surface area is 158 Å². The molecule has 27 heavy (non-hydrogen) atoms. The van der Waals surface area contributed by atoms with Crippen molar-refractivity contribution in [1.29, 1.82) is 0 Å². The van der Waals surface area contributed by atoms with E-state index in [0.29, 0.717) is 6.26 Å². The van der Waals surface area contributed by atoms with Crippen molar-refractivity contribution in [1.82, 2.24) is 0 Å². The molecule has 0 saturated carbocycles. The highest BCUT2D eigenvalue weighted by Crippen LogP contribution is 2.47. The van der Waals surface area contributed by atoms with Gasteiger partial charge in [-0.15, -0.1) is 0 Å². The van der Waals surface area contributed by atoms with Crippen molar-refractivity contribution in [3.8, 4) is 0 Å². The van der Waals surface area contributed by atoms with Crippen molar-refractivity contribution >= 4 is 35.8 Å². The van der Waals surface area contributed by atoms with Crippen molar-refractivity contribution < 1.29 is 39.0 Å². The summed E-state index contributed by atoms with van der Waals surface area (Å²) in [7, 11) is -13.1. The van der Waals surface area contributed by atoms with Crippen LogP contribution in [0.1, 0.15) is 13.3 Å². The highest BCUT2D eigenvalue weighted by Gasteiger charge is 2.71. The lowest BCUT2D eigenvalue weighted by atomic mass is 9.98. The molecule has 3 atom stereocenters. The summed E-state index contributed by atoms with van der Waals surface area (Å²) in [6, 6.07) is 6.70. The van der Waals surface area contributed by atoms with Gasteiger partial charge in [0, 0.05) is 12.2 Å². The summed E-state index contributed by atoms with van der Waals surface area (Å²) in [6.45, 7) is 0.864. The fourth-order valence-electron chi connectivity index (χ4n) is 3.25.